The predicted molar refractivity (Wildman–Crippen MR) is 79.4 cm³/mol. The first-order valence-electron chi connectivity index (χ1n) is 6.67. The molecule has 3 rings (SSSR count). The minimum absolute atomic E-state index is 0.153. The predicted octanol–water partition coefficient (Wildman–Crippen LogP) is 2.73. The van der Waals surface area contributed by atoms with Gasteiger partial charge < -0.3 is 9.47 Å². The number of hydrogen-bond acceptors (Lipinski definition) is 5. The molecule has 5 heteroatoms. The molecule has 0 bridgehead atoms. The maximum Gasteiger partial charge on any atom is 0.346 e. The molecule has 0 spiro atoms. The third kappa shape index (κ3) is 2.26. The molecular weight excluding hydrogens is 284 g/mol. The van der Waals surface area contributed by atoms with Crippen molar-refractivity contribution in [2.24, 2.45) is 0 Å². The number of carbonyl (C=O) groups is 3. The molecule has 2 aromatic carbocycles. The van der Waals surface area contributed by atoms with Crippen LogP contribution in [0.5, 0.6) is 0 Å². The van der Waals surface area contributed by atoms with Gasteiger partial charge in [0.15, 0.2) is 0 Å². The topological polar surface area (TPSA) is 69.7 Å². The van der Waals surface area contributed by atoms with Crippen LogP contribution in [0.4, 0.5) is 0 Å². The van der Waals surface area contributed by atoms with Crippen molar-refractivity contribution < 1.29 is 23.9 Å². The van der Waals surface area contributed by atoms with Crippen molar-refractivity contribution in [3.8, 4) is 0 Å². The van der Waals surface area contributed by atoms with Crippen molar-refractivity contribution in [1.82, 2.24) is 0 Å². The number of cyclic esters (lactones) is 2. The van der Waals surface area contributed by atoms with Crippen molar-refractivity contribution in [3.05, 3.63) is 53.1 Å². The highest BCUT2D eigenvalue weighted by molar-refractivity contribution is 6.21. The maximum absolute atomic E-state index is 11.8. The summed E-state index contributed by atoms with van der Waals surface area (Å²) < 4.78 is 9.29. The monoisotopic (exact) mass is 296 g/mol. The minimum Gasteiger partial charge on any atom is -0.469 e. The van der Waals surface area contributed by atoms with Gasteiger partial charge in [-0.3, -0.25) is 4.79 Å². The summed E-state index contributed by atoms with van der Waals surface area (Å²) in [6.07, 6.45) is 3.60. The van der Waals surface area contributed by atoms with Gasteiger partial charge in [0.1, 0.15) is 0 Å². The van der Waals surface area contributed by atoms with Crippen molar-refractivity contribution in [3.63, 3.8) is 0 Å². The Kier molecular flexibility index (Phi) is 3.47. The molecule has 0 saturated carbocycles. The standard InChI is InChI=1S/C17H12O5/c1-21-14(18)7-2-4-10-8-9-13-15-11(10)5-3-6-12(15)16(19)22-17(13)20/h2-6,8-9H,7H2,1H3. The average molecular weight is 296 g/mol. The second-order valence-corrected chi connectivity index (χ2v) is 4.79. The number of benzene rings is 2. The molecule has 5 nitrogen and oxygen atoms in total. The third-order valence-corrected chi connectivity index (χ3v) is 3.51. The molecule has 1 aliphatic heterocycles. The lowest BCUT2D eigenvalue weighted by Gasteiger charge is -2.16. The van der Waals surface area contributed by atoms with E-state index in [-0.39, 0.29) is 12.4 Å². The SMILES string of the molecule is COC(=O)CC=Cc1ccc2c3c(cccc13)C(=O)OC2=O. The lowest BCUT2D eigenvalue weighted by Crippen LogP contribution is -2.19. The summed E-state index contributed by atoms with van der Waals surface area (Å²) in [4.78, 5) is 34.8. The summed E-state index contributed by atoms with van der Waals surface area (Å²) in [5.74, 6) is -1.62. The average Bonchev–Trinajstić information content (AvgIpc) is 2.53. The van der Waals surface area contributed by atoms with E-state index in [0.717, 1.165) is 10.9 Å². The van der Waals surface area contributed by atoms with Crippen LogP contribution in [0.3, 0.4) is 0 Å². The van der Waals surface area contributed by atoms with Crippen molar-refractivity contribution >= 4 is 34.8 Å². The van der Waals surface area contributed by atoms with Gasteiger partial charge >= 0.3 is 17.9 Å². The summed E-state index contributed by atoms with van der Waals surface area (Å²) in [7, 11) is 1.33. The molecule has 0 fully saturated rings. The summed E-state index contributed by atoms with van der Waals surface area (Å²) in [5.41, 5.74) is 1.55. The van der Waals surface area contributed by atoms with Crippen LogP contribution in [-0.2, 0) is 14.3 Å². The van der Waals surface area contributed by atoms with E-state index in [4.69, 9.17) is 4.74 Å². The van der Waals surface area contributed by atoms with Gasteiger partial charge in [-0.05, 0) is 23.1 Å². The Morgan fingerprint density at radius 1 is 1.14 bits per heavy atom. The van der Waals surface area contributed by atoms with E-state index in [1.165, 1.54) is 7.11 Å². The van der Waals surface area contributed by atoms with Crippen LogP contribution in [0.1, 0.15) is 32.7 Å². The van der Waals surface area contributed by atoms with Crippen molar-refractivity contribution in [1.29, 1.82) is 0 Å². The fraction of sp³-hybridized carbons (Fsp3) is 0.118. The fourth-order valence-corrected chi connectivity index (χ4v) is 2.47. The number of esters is 3. The Bertz CT molecular complexity index is 812. The highest BCUT2D eigenvalue weighted by atomic mass is 16.6. The normalized spacial score (nSPS) is 13.5. The molecule has 2 aromatic rings. The fourth-order valence-electron chi connectivity index (χ4n) is 2.47. The molecule has 0 aromatic heterocycles. The highest BCUT2D eigenvalue weighted by Gasteiger charge is 2.27. The summed E-state index contributed by atoms with van der Waals surface area (Å²) in [6.45, 7) is 0. The zero-order valence-electron chi connectivity index (χ0n) is 11.8. The molecule has 0 atom stereocenters. The second-order valence-electron chi connectivity index (χ2n) is 4.79. The van der Waals surface area contributed by atoms with Crippen LogP contribution in [-0.4, -0.2) is 25.0 Å². The van der Waals surface area contributed by atoms with Gasteiger partial charge in [0, 0.05) is 5.39 Å². The molecule has 0 unspecified atom stereocenters. The largest absolute Gasteiger partial charge is 0.469 e. The molecular formula is C17H12O5. The van der Waals surface area contributed by atoms with E-state index < -0.39 is 11.9 Å². The van der Waals surface area contributed by atoms with E-state index in [1.807, 2.05) is 6.07 Å². The number of ether oxygens (including phenoxy) is 2. The van der Waals surface area contributed by atoms with Gasteiger partial charge in [-0.15, -0.1) is 0 Å². The lowest BCUT2D eigenvalue weighted by molar-refractivity contribution is -0.139. The Balaban J connectivity index is 2.12. The van der Waals surface area contributed by atoms with Gasteiger partial charge in [0.2, 0.25) is 0 Å². The first-order chi connectivity index (χ1) is 10.6. The van der Waals surface area contributed by atoms with Crippen molar-refractivity contribution in [2.75, 3.05) is 7.11 Å². The Morgan fingerprint density at radius 3 is 2.59 bits per heavy atom. The summed E-state index contributed by atoms with van der Waals surface area (Å²) in [5, 5.41) is 1.35. The lowest BCUT2D eigenvalue weighted by atomic mass is 9.93. The summed E-state index contributed by atoms with van der Waals surface area (Å²) >= 11 is 0. The van der Waals surface area contributed by atoms with Gasteiger partial charge in [0.05, 0.1) is 24.7 Å². The van der Waals surface area contributed by atoms with Crippen LogP contribution < -0.4 is 0 Å². The molecule has 0 saturated heterocycles. The van der Waals surface area contributed by atoms with E-state index in [9.17, 15) is 14.4 Å². The van der Waals surface area contributed by atoms with Crippen LogP contribution in [0, 0.1) is 0 Å². The molecule has 110 valence electrons. The molecule has 0 radical (unpaired) electrons. The Labute approximate surface area is 126 Å². The summed E-state index contributed by atoms with van der Waals surface area (Å²) in [6, 6.07) is 8.56. The highest BCUT2D eigenvalue weighted by Crippen LogP contribution is 2.31. The number of rotatable bonds is 3. The van der Waals surface area contributed by atoms with Gasteiger partial charge in [-0.1, -0.05) is 30.4 Å². The molecule has 1 heterocycles. The molecule has 0 N–H and O–H groups in total. The molecule has 1 aliphatic rings. The van der Waals surface area contributed by atoms with Crippen LogP contribution >= 0.6 is 0 Å². The first-order valence-corrected chi connectivity index (χ1v) is 6.67. The molecule has 0 amide bonds. The molecule has 0 aliphatic carbocycles. The van der Waals surface area contributed by atoms with E-state index in [1.54, 1.807) is 36.4 Å². The number of hydrogen-bond donors (Lipinski definition) is 0. The van der Waals surface area contributed by atoms with Crippen molar-refractivity contribution in [2.45, 2.75) is 6.42 Å². The van der Waals surface area contributed by atoms with Gasteiger partial charge in [0.25, 0.3) is 0 Å². The van der Waals surface area contributed by atoms with Crippen LogP contribution in [0.2, 0.25) is 0 Å². The zero-order valence-corrected chi connectivity index (χ0v) is 11.8. The Hall–Kier alpha value is -2.95. The zero-order chi connectivity index (χ0) is 15.7. The van der Waals surface area contributed by atoms with E-state index in [0.29, 0.717) is 16.5 Å². The van der Waals surface area contributed by atoms with Crippen LogP contribution in [0.15, 0.2) is 36.4 Å². The first kappa shape index (κ1) is 14.0. The molecule has 22 heavy (non-hydrogen) atoms. The number of methoxy groups -OCH3 is 1. The smallest absolute Gasteiger partial charge is 0.346 e. The van der Waals surface area contributed by atoms with Crippen LogP contribution in [0.25, 0.3) is 16.8 Å². The minimum atomic E-state index is -0.640. The number of carbonyl (C=O) groups excluding carboxylic acids is 3. The third-order valence-electron chi connectivity index (χ3n) is 3.51. The second kappa shape index (κ2) is 5.44. The maximum atomic E-state index is 11.8. The quantitative estimate of drug-likeness (QED) is 0.643. The van der Waals surface area contributed by atoms with Gasteiger partial charge in [-0.2, -0.15) is 0 Å². The van der Waals surface area contributed by atoms with Gasteiger partial charge in [-0.25, -0.2) is 9.59 Å². The van der Waals surface area contributed by atoms with E-state index in [2.05, 4.69) is 4.74 Å². The Morgan fingerprint density at radius 2 is 1.86 bits per heavy atom. The van der Waals surface area contributed by atoms with E-state index >= 15 is 0 Å².